The predicted octanol–water partition coefficient (Wildman–Crippen LogP) is 1.42. The van der Waals surface area contributed by atoms with Gasteiger partial charge in [0, 0.05) is 13.2 Å². The number of hydrogen-bond acceptors (Lipinski definition) is 3. The first kappa shape index (κ1) is 12.6. The van der Waals surface area contributed by atoms with Gasteiger partial charge in [-0.3, -0.25) is 9.78 Å². The van der Waals surface area contributed by atoms with Gasteiger partial charge in [-0.25, -0.2) is 0 Å². The Hall–Kier alpha value is -1.42. The van der Waals surface area contributed by atoms with E-state index in [2.05, 4.69) is 4.98 Å². The first-order valence-electron chi connectivity index (χ1n) is 5.27. The predicted molar refractivity (Wildman–Crippen MR) is 65.1 cm³/mol. The van der Waals surface area contributed by atoms with Crippen molar-refractivity contribution < 1.29 is 4.79 Å². The fourth-order valence-corrected chi connectivity index (χ4v) is 1.26. The molecule has 4 heteroatoms. The zero-order valence-corrected chi connectivity index (χ0v) is 10.3. The summed E-state index contributed by atoms with van der Waals surface area (Å²) in [4.78, 5) is 17.6. The maximum atomic E-state index is 12.1. The standard InChI is InChI=1S/C12H19N3O/c1-12(2,3)10(13)11(16)15(4)9-6-5-7-14-8-9/h5-8,10H,13H2,1-4H3/t10-/m0/s1. The Morgan fingerprint density at radius 3 is 2.56 bits per heavy atom. The fraction of sp³-hybridized carbons (Fsp3) is 0.500. The van der Waals surface area contributed by atoms with Crippen LogP contribution in [0.3, 0.4) is 0 Å². The van der Waals surface area contributed by atoms with E-state index in [0.717, 1.165) is 5.69 Å². The molecule has 1 rings (SSSR count). The van der Waals surface area contributed by atoms with Gasteiger partial charge in [0.25, 0.3) is 0 Å². The Morgan fingerprint density at radius 2 is 2.12 bits per heavy atom. The summed E-state index contributed by atoms with van der Waals surface area (Å²) in [5.41, 5.74) is 6.44. The highest BCUT2D eigenvalue weighted by molar-refractivity contribution is 5.96. The second-order valence-electron chi connectivity index (χ2n) is 4.95. The van der Waals surface area contributed by atoms with Crippen LogP contribution in [0.4, 0.5) is 5.69 Å². The van der Waals surface area contributed by atoms with Gasteiger partial charge in [-0.15, -0.1) is 0 Å². The normalized spacial score (nSPS) is 13.3. The Kier molecular flexibility index (Phi) is 3.65. The van der Waals surface area contributed by atoms with Crippen molar-refractivity contribution in [3.8, 4) is 0 Å². The molecule has 0 spiro atoms. The summed E-state index contributed by atoms with van der Waals surface area (Å²) in [6.07, 6.45) is 3.32. The molecule has 1 heterocycles. The molecule has 1 atom stereocenters. The molecule has 4 nitrogen and oxygen atoms in total. The molecule has 0 radical (unpaired) electrons. The molecule has 0 aliphatic heterocycles. The Bertz CT molecular complexity index is 356. The Labute approximate surface area is 96.5 Å². The number of pyridine rings is 1. The van der Waals surface area contributed by atoms with Gasteiger partial charge in [0.15, 0.2) is 0 Å². The highest BCUT2D eigenvalue weighted by Crippen LogP contribution is 2.20. The number of aromatic nitrogens is 1. The molecule has 0 aliphatic carbocycles. The fourth-order valence-electron chi connectivity index (χ4n) is 1.26. The molecule has 0 aromatic carbocycles. The lowest BCUT2D eigenvalue weighted by Crippen LogP contribution is -2.49. The van der Waals surface area contributed by atoms with Crippen LogP contribution in [0.1, 0.15) is 20.8 Å². The molecule has 88 valence electrons. The number of nitrogens with two attached hydrogens (primary N) is 1. The van der Waals surface area contributed by atoms with E-state index >= 15 is 0 Å². The minimum Gasteiger partial charge on any atom is -0.319 e. The number of amides is 1. The maximum absolute atomic E-state index is 12.1. The second-order valence-corrected chi connectivity index (χ2v) is 4.95. The van der Waals surface area contributed by atoms with E-state index in [0.29, 0.717) is 0 Å². The zero-order chi connectivity index (χ0) is 12.3. The summed E-state index contributed by atoms with van der Waals surface area (Å²) in [6, 6.07) is 3.11. The topological polar surface area (TPSA) is 59.2 Å². The number of hydrogen-bond donors (Lipinski definition) is 1. The van der Waals surface area contributed by atoms with Gasteiger partial charge < -0.3 is 10.6 Å². The number of carbonyl (C=O) groups is 1. The summed E-state index contributed by atoms with van der Waals surface area (Å²) in [7, 11) is 1.71. The van der Waals surface area contributed by atoms with Crippen molar-refractivity contribution in [1.29, 1.82) is 0 Å². The lowest BCUT2D eigenvalue weighted by atomic mass is 9.86. The summed E-state index contributed by atoms with van der Waals surface area (Å²) >= 11 is 0. The van der Waals surface area contributed by atoms with E-state index in [1.807, 2.05) is 26.8 Å². The lowest BCUT2D eigenvalue weighted by Gasteiger charge is -2.29. The summed E-state index contributed by atoms with van der Waals surface area (Å²) in [6.45, 7) is 5.85. The third-order valence-corrected chi connectivity index (χ3v) is 2.56. The van der Waals surface area contributed by atoms with Gasteiger partial charge in [-0.2, -0.15) is 0 Å². The Morgan fingerprint density at radius 1 is 1.50 bits per heavy atom. The van der Waals surface area contributed by atoms with Gasteiger partial charge in [-0.05, 0) is 17.5 Å². The van der Waals surface area contributed by atoms with Crippen molar-refractivity contribution in [3.05, 3.63) is 24.5 Å². The molecule has 0 fully saturated rings. The van der Waals surface area contributed by atoms with Crippen molar-refractivity contribution in [1.82, 2.24) is 4.98 Å². The van der Waals surface area contributed by atoms with E-state index in [1.54, 1.807) is 30.4 Å². The van der Waals surface area contributed by atoms with Crippen LogP contribution in [-0.2, 0) is 4.79 Å². The van der Waals surface area contributed by atoms with Gasteiger partial charge in [0.2, 0.25) is 5.91 Å². The van der Waals surface area contributed by atoms with Crippen LogP contribution in [0.25, 0.3) is 0 Å². The highest BCUT2D eigenvalue weighted by atomic mass is 16.2. The Balaban J connectivity index is 2.84. The number of rotatable bonds is 2. The van der Waals surface area contributed by atoms with Crippen LogP contribution in [0.15, 0.2) is 24.5 Å². The van der Waals surface area contributed by atoms with Crippen LogP contribution >= 0.6 is 0 Å². The van der Waals surface area contributed by atoms with Crippen LogP contribution in [0, 0.1) is 5.41 Å². The van der Waals surface area contributed by atoms with Crippen molar-refractivity contribution in [3.63, 3.8) is 0 Å². The van der Waals surface area contributed by atoms with E-state index in [-0.39, 0.29) is 11.3 Å². The molecule has 0 saturated heterocycles. The SMILES string of the molecule is CN(C(=O)[C@H](N)C(C)(C)C)c1cccnc1. The smallest absolute Gasteiger partial charge is 0.244 e. The van der Waals surface area contributed by atoms with Gasteiger partial charge in [0.1, 0.15) is 0 Å². The van der Waals surface area contributed by atoms with E-state index in [1.165, 1.54) is 0 Å². The van der Waals surface area contributed by atoms with E-state index in [9.17, 15) is 4.79 Å². The van der Waals surface area contributed by atoms with Gasteiger partial charge in [0.05, 0.1) is 17.9 Å². The molecule has 1 amide bonds. The minimum absolute atomic E-state index is 0.0968. The molecule has 1 aromatic rings. The van der Waals surface area contributed by atoms with E-state index in [4.69, 9.17) is 5.73 Å². The molecule has 0 aliphatic rings. The van der Waals surface area contributed by atoms with Gasteiger partial charge in [-0.1, -0.05) is 20.8 Å². The largest absolute Gasteiger partial charge is 0.319 e. The lowest BCUT2D eigenvalue weighted by molar-refractivity contribution is -0.121. The highest BCUT2D eigenvalue weighted by Gasteiger charge is 2.30. The maximum Gasteiger partial charge on any atom is 0.244 e. The van der Waals surface area contributed by atoms with Crippen molar-refractivity contribution >= 4 is 11.6 Å². The minimum atomic E-state index is -0.516. The molecule has 1 aromatic heterocycles. The van der Waals surface area contributed by atoms with Crippen LogP contribution in [0.5, 0.6) is 0 Å². The first-order chi connectivity index (χ1) is 7.34. The monoisotopic (exact) mass is 221 g/mol. The number of likely N-dealkylation sites (N-methyl/N-ethyl adjacent to an activating group) is 1. The second kappa shape index (κ2) is 4.61. The average Bonchev–Trinajstić information content (AvgIpc) is 2.26. The molecule has 0 saturated carbocycles. The van der Waals surface area contributed by atoms with Crippen LogP contribution < -0.4 is 10.6 Å². The quantitative estimate of drug-likeness (QED) is 0.821. The third kappa shape index (κ3) is 2.79. The van der Waals surface area contributed by atoms with Crippen molar-refractivity contribution in [2.45, 2.75) is 26.8 Å². The zero-order valence-electron chi connectivity index (χ0n) is 10.3. The van der Waals surface area contributed by atoms with Crippen LogP contribution in [-0.4, -0.2) is 24.0 Å². The summed E-state index contributed by atoms with van der Waals surface area (Å²) in [5, 5.41) is 0. The van der Waals surface area contributed by atoms with Crippen molar-refractivity contribution in [2.75, 3.05) is 11.9 Å². The molecular formula is C12H19N3O. The first-order valence-corrected chi connectivity index (χ1v) is 5.27. The summed E-state index contributed by atoms with van der Waals surface area (Å²) < 4.78 is 0. The molecule has 16 heavy (non-hydrogen) atoms. The average molecular weight is 221 g/mol. The van der Waals surface area contributed by atoms with E-state index < -0.39 is 6.04 Å². The van der Waals surface area contributed by atoms with Gasteiger partial charge >= 0.3 is 0 Å². The molecule has 0 bridgehead atoms. The molecule has 2 N–H and O–H groups in total. The van der Waals surface area contributed by atoms with Crippen molar-refractivity contribution in [2.24, 2.45) is 11.1 Å². The number of anilines is 1. The third-order valence-electron chi connectivity index (χ3n) is 2.56. The number of nitrogens with zero attached hydrogens (tertiary/aromatic N) is 2. The summed E-state index contributed by atoms with van der Waals surface area (Å²) in [5.74, 6) is -0.0968. The number of carbonyl (C=O) groups excluding carboxylic acids is 1. The molecular weight excluding hydrogens is 202 g/mol. The molecule has 0 unspecified atom stereocenters. The van der Waals surface area contributed by atoms with Crippen LogP contribution in [0.2, 0.25) is 0 Å².